The lowest BCUT2D eigenvalue weighted by Crippen LogP contribution is -2.31. The maximum atomic E-state index is 13.3. The van der Waals surface area contributed by atoms with Gasteiger partial charge in [0.25, 0.3) is 5.91 Å². The molecule has 0 spiro atoms. The minimum absolute atomic E-state index is 0.0928. The third kappa shape index (κ3) is 5.79. The van der Waals surface area contributed by atoms with Crippen LogP contribution in [0.3, 0.4) is 0 Å². The highest BCUT2D eigenvalue weighted by Crippen LogP contribution is 2.34. The number of hydrogen-bond acceptors (Lipinski definition) is 9. The number of rotatable bonds is 9. The van der Waals surface area contributed by atoms with E-state index in [-0.39, 0.29) is 11.4 Å². The average Bonchev–Trinajstić information content (AvgIpc) is 3.51. The van der Waals surface area contributed by atoms with E-state index in [0.717, 1.165) is 22.6 Å². The van der Waals surface area contributed by atoms with E-state index in [1.165, 1.54) is 11.3 Å². The number of hydrazone groups is 1. The summed E-state index contributed by atoms with van der Waals surface area (Å²) in [5.74, 6) is -1.59. The predicted octanol–water partition coefficient (Wildman–Crippen LogP) is 5.41. The van der Waals surface area contributed by atoms with Gasteiger partial charge in [-0.1, -0.05) is 72.0 Å². The Morgan fingerprint density at radius 2 is 1.65 bits per heavy atom. The molecule has 0 atom stereocenters. The fourth-order valence-electron chi connectivity index (χ4n) is 3.42. The molecule has 0 aliphatic heterocycles. The smallest absolute Gasteiger partial charge is 0.314 e. The van der Waals surface area contributed by atoms with Gasteiger partial charge in [0.05, 0.1) is 22.5 Å². The maximum absolute atomic E-state index is 13.3. The first kappa shape index (κ1) is 25.9. The molecule has 37 heavy (non-hydrogen) atoms. The molecular weight excluding hydrogens is 508 g/mol. The molecule has 0 radical (unpaired) electrons. The third-order valence-electron chi connectivity index (χ3n) is 5.47. The molecular formula is C26H24N6O3S2. The third-order valence-corrected chi connectivity index (χ3v) is 7.61. The van der Waals surface area contributed by atoms with Crippen LogP contribution in [0.5, 0.6) is 0 Å². The largest absolute Gasteiger partial charge is 0.481 e. The number of thiazole rings is 2. The van der Waals surface area contributed by atoms with E-state index in [1.807, 2.05) is 41.8 Å². The lowest BCUT2D eigenvalue weighted by atomic mass is 9.91. The zero-order valence-corrected chi connectivity index (χ0v) is 21.9. The van der Waals surface area contributed by atoms with Crippen molar-refractivity contribution >= 4 is 56.2 Å². The van der Waals surface area contributed by atoms with Crippen LogP contribution < -0.4 is 10.7 Å². The van der Waals surface area contributed by atoms with Crippen molar-refractivity contribution in [1.29, 1.82) is 5.41 Å². The molecule has 0 saturated heterocycles. The van der Waals surface area contributed by atoms with E-state index in [1.54, 1.807) is 45.0 Å². The van der Waals surface area contributed by atoms with E-state index in [9.17, 15) is 14.7 Å². The van der Waals surface area contributed by atoms with Gasteiger partial charge in [-0.2, -0.15) is 5.10 Å². The first-order chi connectivity index (χ1) is 17.7. The number of nitrogens with zero attached hydrogens (tertiary/aromatic N) is 3. The fourth-order valence-corrected chi connectivity index (χ4v) is 5.13. The highest BCUT2D eigenvalue weighted by molar-refractivity contribution is 7.16. The van der Waals surface area contributed by atoms with Crippen molar-refractivity contribution in [3.63, 3.8) is 0 Å². The Morgan fingerprint density at radius 1 is 1.00 bits per heavy atom. The second-order valence-corrected chi connectivity index (χ2v) is 10.4. The van der Waals surface area contributed by atoms with Crippen molar-refractivity contribution in [1.82, 2.24) is 9.97 Å². The molecule has 0 saturated carbocycles. The van der Waals surface area contributed by atoms with Gasteiger partial charge in [-0.15, -0.1) is 11.3 Å². The van der Waals surface area contributed by atoms with Gasteiger partial charge in [0.15, 0.2) is 10.8 Å². The highest BCUT2D eigenvalue weighted by atomic mass is 32.1. The summed E-state index contributed by atoms with van der Waals surface area (Å²) in [5, 5.41) is 27.7. The number of nitrogens with one attached hydrogen (secondary N) is 3. The molecule has 2 aromatic heterocycles. The molecule has 1 amide bonds. The molecule has 2 heterocycles. The van der Waals surface area contributed by atoms with Gasteiger partial charge in [-0.25, -0.2) is 9.97 Å². The summed E-state index contributed by atoms with van der Waals surface area (Å²) < 4.78 is 0. The molecule has 188 valence electrons. The summed E-state index contributed by atoms with van der Waals surface area (Å²) in [7, 11) is 0. The number of carbonyl (C=O) groups excluding carboxylic acids is 1. The van der Waals surface area contributed by atoms with Gasteiger partial charge < -0.3 is 5.11 Å². The normalized spacial score (nSPS) is 11.7. The zero-order valence-electron chi connectivity index (χ0n) is 20.3. The summed E-state index contributed by atoms with van der Waals surface area (Å²) in [4.78, 5) is 34.4. The van der Waals surface area contributed by atoms with Crippen LogP contribution in [-0.4, -0.2) is 38.4 Å². The lowest BCUT2D eigenvalue weighted by molar-refractivity contribution is -0.142. The number of aliphatic carboxylic acids is 1. The Balaban J connectivity index is 1.61. The second kappa shape index (κ2) is 10.8. The number of amides is 1. The summed E-state index contributed by atoms with van der Waals surface area (Å²) >= 11 is 2.41. The van der Waals surface area contributed by atoms with Crippen molar-refractivity contribution in [2.24, 2.45) is 5.10 Å². The Labute approximate surface area is 221 Å². The first-order valence-electron chi connectivity index (χ1n) is 11.2. The predicted molar refractivity (Wildman–Crippen MR) is 148 cm³/mol. The van der Waals surface area contributed by atoms with Crippen molar-refractivity contribution in [3.8, 4) is 11.3 Å². The number of carboxylic acids is 1. The van der Waals surface area contributed by atoms with Gasteiger partial charge in [0.1, 0.15) is 0 Å². The van der Waals surface area contributed by atoms with Crippen molar-refractivity contribution in [3.05, 3.63) is 82.2 Å². The minimum Gasteiger partial charge on any atom is -0.481 e. The van der Waals surface area contributed by atoms with Gasteiger partial charge in [0, 0.05) is 21.4 Å². The Bertz CT molecular complexity index is 1480. The van der Waals surface area contributed by atoms with E-state index in [4.69, 9.17) is 5.41 Å². The Kier molecular flexibility index (Phi) is 7.55. The Hall–Kier alpha value is -4.22. The monoisotopic (exact) mass is 532 g/mol. The fraction of sp³-hybridized carbons (Fsp3) is 0.154. The summed E-state index contributed by atoms with van der Waals surface area (Å²) in [6.45, 7) is 4.92. The molecule has 0 unspecified atom stereocenters. The highest BCUT2D eigenvalue weighted by Gasteiger charge is 2.34. The van der Waals surface area contributed by atoms with E-state index in [0.29, 0.717) is 26.4 Å². The van der Waals surface area contributed by atoms with Gasteiger partial charge in [-0.3, -0.25) is 25.7 Å². The van der Waals surface area contributed by atoms with Crippen LogP contribution in [-0.2, 0) is 15.0 Å². The molecule has 4 N–H and O–H groups in total. The van der Waals surface area contributed by atoms with Crippen molar-refractivity contribution in [2.75, 3.05) is 10.7 Å². The summed E-state index contributed by atoms with van der Waals surface area (Å²) in [6, 6.07) is 18.4. The number of aromatic nitrogens is 2. The number of carboxylic acid groups (broad SMARTS) is 1. The van der Waals surface area contributed by atoms with Crippen molar-refractivity contribution in [2.45, 2.75) is 26.2 Å². The number of carbonyl (C=O) groups is 2. The SMILES string of the molecule is Cc1nc(N/N=C(/C(=N)c2ccccc2)C(=O)Nc2nc(-c3ccccc3)cs2)sc1C(C)(C)C(=O)O. The average molecular weight is 533 g/mol. The number of benzene rings is 2. The Morgan fingerprint density at radius 3 is 2.30 bits per heavy atom. The minimum atomic E-state index is -1.14. The van der Waals surface area contributed by atoms with Crippen LogP contribution >= 0.6 is 22.7 Å². The first-order valence-corrected chi connectivity index (χ1v) is 12.9. The second-order valence-electron chi connectivity index (χ2n) is 8.53. The van der Waals surface area contributed by atoms with Crippen LogP contribution in [0.2, 0.25) is 0 Å². The topological polar surface area (TPSA) is 140 Å². The van der Waals surface area contributed by atoms with E-state index >= 15 is 0 Å². The van der Waals surface area contributed by atoms with E-state index < -0.39 is 17.3 Å². The molecule has 0 aliphatic carbocycles. The van der Waals surface area contributed by atoms with Gasteiger partial charge in [0.2, 0.25) is 5.13 Å². The number of anilines is 2. The molecule has 11 heteroatoms. The zero-order chi connectivity index (χ0) is 26.6. The summed E-state index contributed by atoms with van der Waals surface area (Å²) in [5.41, 5.74) is 4.05. The molecule has 9 nitrogen and oxygen atoms in total. The van der Waals surface area contributed by atoms with Crippen LogP contribution in [0.1, 0.15) is 30.0 Å². The molecule has 4 aromatic rings. The van der Waals surface area contributed by atoms with Crippen LogP contribution in [0, 0.1) is 12.3 Å². The van der Waals surface area contributed by atoms with Gasteiger partial charge >= 0.3 is 5.97 Å². The lowest BCUT2D eigenvalue weighted by Gasteiger charge is -2.17. The van der Waals surface area contributed by atoms with Crippen LogP contribution in [0.4, 0.5) is 10.3 Å². The quantitative estimate of drug-likeness (QED) is 0.168. The molecule has 0 fully saturated rings. The molecule has 2 aromatic carbocycles. The number of aryl methyl sites for hydroxylation is 1. The molecule has 4 rings (SSSR count). The summed E-state index contributed by atoms with van der Waals surface area (Å²) in [6.07, 6.45) is 0. The molecule has 0 bridgehead atoms. The van der Waals surface area contributed by atoms with Gasteiger partial charge in [-0.05, 0) is 20.8 Å². The van der Waals surface area contributed by atoms with E-state index in [2.05, 4.69) is 25.8 Å². The molecule has 0 aliphatic rings. The van der Waals surface area contributed by atoms with Crippen LogP contribution in [0.15, 0.2) is 71.1 Å². The maximum Gasteiger partial charge on any atom is 0.314 e. The number of hydrogen-bond donors (Lipinski definition) is 4. The van der Waals surface area contributed by atoms with Crippen molar-refractivity contribution < 1.29 is 14.7 Å². The van der Waals surface area contributed by atoms with Crippen LogP contribution in [0.25, 0.3) is 11.3 Å². The standard InChI is InChI=1S/C26H24N6O3S2/c1-15-21(26(2,3)23(34)35)37-25(28-15)32-31-20(19(27)17-12-8-5-9-13-17)22(33)30-24-29-18(14-36-24)16-10-6-4-7-11-16/h4-14,27H,1-3H3,(H,28,32)(H,34,35)(H,29,30,33)/b27-19?,31-20-.